The molecule has 1 aromatic carbocycles. The van der Waals surface area contributed by atoms with E-state index >= 15 is 0 Å². The Balaban J connectivity index is 2.36. The van der Waals surface area contributed by atoms with Crippen molar-refractivity contribution in [3.63, 3.8) is 0 Å². The van der Waals surface area contributed by atoms with Crippen molar-refractivity contribution in [2.45, 2.75) is 18.3 Å². The van der Waals surface area contributed by atoms with Crippen LogP contribution in [-0.2, 0) is 0 Å². The van der Waals surface area contributed by atoms with Gasteiger partial charge in [-0.15, -0.1) is 0 Å². The number of nitriles is 1. The number of benzene rings is 1. The van der Waals surface area contributed by atoms with Crippen LogP contribution in [0.4, 0.5) is 4.39 Å². The second-order valence-electron chi connectivity index (χ2n) is 4.18. The molecule has 2 aromatic rings. The molecule has 0 aliphatic carbocycles. The molecule has 0 aliphatic heterocycles. The van der Waals surface area contributed by atoms with Gasteiger partial charge in [0.25, 0.3) is 0 Å². The van der Waals surface area contributed by atoms with Crippen molar-refractivity contribution < 1.29 is 13.9 Å². The quantitative estimate of drug-likeness (QED) is 0.897. The van der Waals surface area contributed by atoms with Gasteiger partial charge in [-0.05, 0) is 24.1 Å². The second kappa shape index (κ2) is 6.12. The number of halogens is 1. The van der Waals surface area contributed by atoms with Crippen LogP contribution in [-0.4, -0.2) is 16.7 Å². The van der Waals surface area contributed by atoms with Crippen LogP contribution < -0.4 is 0 Å². The number of hydrogen-bond donors (Lipinski definition) is 1. The Kier molecular flexibility index (Phi) is 4.26. The number of aliphatic hydroxyl groups excluding tert-OH is 1. The van der Waals surface area contributed by atoms with E-state index in [0.717, 1.165) is 0 Å². The van der Waals surface area contributed by atoms with Crippen molar-refractivity contribution >= 4 is 0 Å². The summed E-state index contributed by atoms with van der Waals surface area (Å²) in [5.41, 5.74) is 0.567. The molecule has 0 unspecified atom stereocenters. The van der Waals surface area contributed by atoms with E-state index in [4.69, 9.17) is 9.52 Å². The summed E-state index contributed by atoms with van der Waals surface area (Å²) in [7, 11) is 0. The van der Waals surface area contributed by atoms with Crippen LogP contribution >= 0.6 is 0 Å². The number of aliphatic hydroxyl groups is 1. The zero-order valence-corrected chi connectivity index (χ0v) is 10.2. The van der Waals surface area contributed by atoms with Gasteiger partial charge in [-0.2, -0.15) is 5.26 Å². The van der Waals surface area contributed by atoms with Gasteiger partial charge in [-0.1, -0.05) is 12.1 Å². The summed E-state index contributed by atoms with van der Waals surface area (Å²) >= 11 is 0. The molecule has 19 heavy (non-hydrogen) atoms. The first kappa shape index (κ1) is 13.2. The molecule has 0 saturated carbocycles. The molecule has 0 bridgehead atoms. The maximum Gasteiger partial charge on any atom is 0.180 e. The third-order valence-corrected chi connectivity index (χ3v) is 3.01. The molecule has 2 atom stereocenters. The van der Waals surface area contributed by atoms with Crippen LogP contribution in [0.1, 0.15) is 29.6 Å². The summed E-state index contributed by atoms with van der Waals surface area (Å²) < 4.78 is 18.5. The average Bonchev–Trinajstić information content (AvgIpc) is 2.92. The summed E-state index contributed by atoms with van der Waals surface area (Å²) in [4.78, 5) is 3.82. The number of rotatable bonds is 5. The first-order valence-corrected chi connectivity index (χ1v) is 5.90. The first-order valence-electron chi connectivity index (χ1n) is 5.90. The molecule has 0 aliphatic rings. The Morgan fingerprint density at radius 3 is 2.89 bits per heavy atom. The Hall–Kier alpha value is -2.19. The van der Waals surface area contributed by atoms with Gasteiger partial charge in [0.1, 0.15) is 11.6 Å². The van der Waals surface area contributed by atoms with Crippen LogP contribution in [0.3, 0.4) is 0 Å². The molecule has 0 saturated heterocycles. The van der Waals surface area contributed by atoms with E-state index in [9.17, 15) is 9.65 Å². The van der Waals surface area contributed by atoms with Crippen molar-refractivity contribution in [3.05, 3.63) is 54.0 Å². The Morgan fingerprint density at radius 2 is 2.32 bits per heavy atom. The maximum absolute atomic E-state index is 13.3. The van der Waals surface area contributed by atoms with Crippen LogP contribution in [0.2, 0.25) is 0 Å². The van der Waals surface area contributed by atoms with Crippen molar-refractivity contribution in [1.82, 2.24) is 4.98 Å². The molecular weight excluding hydrogens is 247 g/mol. The maximum atomic E-state index is 13.3. The van der Waals surface area contributed by atoms with E-state index in [1.807, 2.05) is 0 Å². The minimum atomic E-state index is -0.587. The summed E-state index contributed by atoms with van der Waals surface area (Å²) in [5.74, 6) is -0.807. The number of oxazole rings is 1. The van der Waals surface area contributed by atoms with Crippen LogP contribution in [0, 0.1) is 17.1 Å². The third-order valence-electron chi connectivity index (χ3n) is 3.01. The number of nitrogens with zero attached hydrogens (tertiary/aromatic N) is 2. The number of aromatic nitrogens is 1. The van der Waals surface area contributed by atoms with Gasteiger partial charge in [0.15, 0.2) is 6.39 Å². The lowest BCUT2D eigenvalue weighted by Crippen LogP contribution is -2.11. The molecule has 1 N–H and O–H groups in total. The SMILES string of the molecule is N#C[C@H](c1cccc(F)c1)[C@H](CCO)c1cnco1. The summed E-state index contributed by atoms with van der Waals surface area (Å²) in [5, 5.41) is 18.5. The van der Waals surface area contributed by atoms with Gasteiger partial charge in [0.05, 0.1) is 18.2 Å². The highest BCUT2D eigenvalue weighted by Gasteiger charge is 2.27. The highest BCUT2D eigenvalue weighted by Crippen LogP contribution is 2.35. The predicted molar refractivity (Wildman–Crippen MR) is 65.7 cm³/mol. The molecule has 98 valence electrons. The molecule has 5 heteroatoms. The molecule has 0 amide bonds. The molecule has 2 rings (SSSR count). The smallest absolute Gasteiger partial charge is 0.180 e. The van der Waals surface area contributed by atoms with Crippen LogP contribution in [0.15, 0.2) is 41.3 Å². The molecule has 1 heterocycles. The lowest BCUT2D eigenvalue weighted by molar-refractivity contribution is 0.262. The topological polar surface area (TPSA) is 70.0 Å². The lowest BCUT2D eigenvalue weighted by atomic mass is 9.83. The third kappa shape index (κ3) is 2.98. The minimum Gasteiger partial charge on any atom is -0.448 e. The fourth-order valence-electron chi connectivity index (χ4n) is 2.12. The fraction of sp³-hybridized carbons (Fsp3) is 0.286. The average molecular weight is 260 g/mol. The van der Waals surface area contributed by atoms with E-state index in [0.29, 0.717) is 17.7 Å². The van der Waals surface area contributed by atoms with Crippen LogP contribution in [0.25, 0.3) is 0 Å². The lowest BCUT2D eigenvalue weighted by Gasteiger charge is -2.19. The fourth-order valence-corrected chi connectivity index (χ4v) is 2.12. The zero-order chi connectivity index (χ0) is 13.7. The monoisotopic (exact) mass is 260 g/mol. The zero-order valence-electron chi connectivity index (χ0n) is 10.2. The van der Waals surface area contributed by atoms with Crippen molar-refractivity contribution in [2.75, 3.05) is 6.61 Å². The largest absolute Gasteiger partial charge is 0.448 e. The molecule has 0 fully saturated rings. The summed E-state index contributed by atoms with van der Waals surface area (Å²) in [6, 6.07) is 8.06. The van der Waals surface area contributed by atoms with Crippen LogP contribution in [0.5, 0.6) is 0 Å². The van der Waals surface area contributed by atoms with E-state index in [2.05, 4.69) is 11.1 Å². The molecular formula is C14H13FN2O2. The first-order chi connectivity index (χ1) is 9.26. The molecule has 0 spiro atoms. The van der Waals surface area contributed by atoms with E-state index in [-0.39, 0.29) is 12.5 Å². The predicted octanol–water partition coefficient (Wildman–Crippen LogP) is 2.59. The van der Waals surface area contributed by atoms with Gasteiger partial charge in [0.2, 0.25) is 0 Å². The number of hydrogen-bond acceptors (Lipinski definition) is 4. The van der Waals surface area contributed by atoms with Crippen molar-refractivity contribution in [3.8, 4) is 6.07 Å². The minimum absolute atomic E-state index is 0.0845. The van der Waals surface area contributed by atoms with Gasteiger partial charge in [-0.25, -0.2) is 9.37 Å². The van der Waals surface area contributed by atoms with Gasteiger partial charge >= 0.3 is 0 Å². The molecule has 1 aromatic heterocycles. The van der Waals surface area contributed by atoms with E-state index < -0.39 is 11.7 Å². The van der Waals surface area contributed by atoms with E-state index in [1.165, 1.54) is 24.7 Å². The van der Waals surface area contributed by atoms with Gasteiger partial charge in [0, 0.05) is 12.5 Å². The standard InChI is InChI=1S/C14H13FN2O2/c15-11-3-1-2-10(6-11)13(7-16)12(4-5-18)14-8-17-9-19-14/h1-3,6,8-9,12-13,18H,4-5H2/t12-,13+/m0/s1. The Bertz CT molecular complexity index is 563. The van der Waals surface area contributed by atoms with Gasteiger partial charge in [-0.3, -0.25) is 0 Å². The second-order valence-corrected chi connectivity index (χ2v) is 4.18. The highest BCUT2D eigenvalue weighted by molar-refractivity contribution is 5.30. The Labute approximate surface area is 110 Å². The van der Waals surface area contributed by atoms with Gasteiger partial charge < -0.3 is 9.52 Å². The molecule has 0 radical (unpaired) electrons. The van der Waals surface area contributed by atoms with Crippen molar-refractivity contribution in [1.29, 1.82) is 5.26 Å². The van der Waals surface area contributed by atoms with E-state index in [1.54, 1.807) is 12.1 Å². The summed E-state index contributed by atoms with van der Waals surface area (Å²) in [6.45, 7) is -0.0845. The summed E-state index contributed by atoms with van der Waals surface area (Å²) in [6.07, 6.45) is 3.15. The highest BCUT2D eigenvalue weighted by atomic mass is 19.1. The normalized spacial score (nSPS) is 13.7. The molecule has 4 nitrogen and oxygen atoms in total. The Morgan fingerprint density at radius 1 is 1.47 bits per heavy atom. The van der Waals surface area contributed by atoms with Crippen molar-refractivity contribution in [2.24, 2.45) is 0 Å².